The Bertz CT molecular complexity index is 503. The number of nitrogens with zero attached hydrogens (tertiary/aromatic N) is 1. The number of carbonyl (C=O) groups is 1. The first kappa shape index (κ1) is 18.8. The molecule has 6 heteroatoms. The van der Waals surface area contributed by atoms with Crippen LogP contribution in [0.25, 0.3) is 0 Å². The molecule has 0 spiro atoms. The number of nitrogens with one attached hydrogen (secondary N) is 1. The van der Waals surface area contributed by atoms with E-state index in [1.807, 2.05) is 18.2 Å². The second-order valence-electron chi connectivity index (χ2n) is 5.00. The van der Waals surface area contributed by atoms with Crippen molar-refractivity contribution in [2.24, 2.45) is 5.92 Å². The Hall–Kier alpha value is -0.295. The van der Waals surface area contributed by atoms with Gasteiger partial charge in [0.1, 0.15) is 0 Å². The Kier molecular flexibility index (Phi) is 9.32. The number of hydrogen-bond acceptors (Lipinski definition) is 2. The van der Waals surface area contributed by atoms with Crippen LogP contribution in [0.5, 0.6) is 0 Å². The molecule has 0 aliphatic heterocycles. The summed E-state index contributed by atoms with van der Waals surface area (Å²) in [7, 11) is 0. The van der Waals surface area contributed by atoms with E-state index in [0.717, 1.165) is 14.4 Å². The quantitative estimate of drug-likeness (QED) is 0.168. The molecular weight excluding hydrogens is 489 g/mol. The van der Waals surface area contributed by atoms with Crippen molar-refractivity contribution in [1.82, 2.24) is 5.32 Å². The minimum atomic E-state index is -0.171. The van der Waals surface area contributed by atoms with Crippen molar-refractivity contribution in [3.63, 3.8) is 0 Å². The van der Waals surface area contributed by atoms with Gasteiger partial charge in [0, 0.05) is 0 Å². The summed E-state index contributed by atoms with van der Waals surface area (Å²) >= 11 is -0.174. The van der Waals surface area contributed by atoms with Gasteiger partial charge in [-0.05, 0) is 0 Å². The molecule has 0 aromatic heterocycles. The molecule has 1 N–H and O–H groups in total. The molecule has 0 aliphatic carbocycles. The molecule has 21 heavy (non-hydrogen) atoms. The van der Waals surface area contributed by atoms with Crippen molar-refractivity contribution in [2.45, 2.75) is 26.2 Å². The van der Waals surface area contributed by atoms with Gasteiger partial charge in [-0.25, -0.2) is 0 Å². The zero-order chi connectivity index (χ0) is 15.7. The zero-order valence-corrected chi connectivity index (χ0v) is 16.6. The van der Waals surface area contributed by atoms with Crippen LogP contribution in [0.1, 0.15) is 31.7 Å². The van der Waals surface area contributed by atoms with Gasteiger partial charge in [-0.3, -0.25) is 0 Å². The van der Waals surface area contributed by atoms with Crippen LogP contribution >= 0.6 is 0 Å². The van der Waals surface area contributed by atoms with Gasteiger partial charge in [-0.1, -0.05) is 0 Å². The molecule has 2 radical (unpaired) electrons. The van der Waals surface area contributed by atoms with E-state index in [2.05, 4.69) is 31.3 Å². The number of halogens is 2. The Morgan fingerprint density at radius 2 is 2.24 bits per heavy atom. The van der Waals surface area contributed by atoms with Crippen molar-refractivity contribution in [2.75, 3.05) is 8.98 Å². The van der Waals surface area contributed by atoms with Crippen LogP contribution in [0.2, 0.25) is 0 Å². The normalized spacial score (nSPS) is 12.3. The average Bonchev–Trinajstić information content (AvgIpc) is 2.48. The van der Waals surface area contributed by atoms with Gasteiger partial charge >= 0.3 is 150 Å². The Labute approximate surface area is 148 Å². The van der Waals surface area contributed by atoms with Crippen molar-refractivity contribution >= 4 is 11.6 Å². The van der Waals surface area contributed by atoms with Crippen LogP contribution in [0.4, 0.5) is 0 Å². The zero-order valence-electron chi connectivity index (χ0n) is 12.3. The van der Waals surface area contributed by atoms with Crippen LogP contribution in [-0.4, -0.2) is 20.6 Å². The fourth-order valence-corrected chi connectivity index (χ4v) is 6.90. The first-order chi connectivity index (χ1) is 10.1. The third-order valence-corrected chi connectivity index (χ3v) is 9.22. The van der Waals surface area contributed by atoms with Gasteiger partial charge in [0.25, 0.3) is 0 Å². The van der Waals surface area contributed by atoms with Gasteiger partial charge < -0.3 is 0 Å². The predicted molar refractivity (Wildman–Crippen MR) is 76.6 cm³/mol. The molecule has 1 unspecified atom stereocenters. The topological polar surface area (TPSA) is 52.9 Å². The van der Waals surface area contributed by atoms with E-state index in [-0.39, 0.29) is 60.6 Å². The summed E-state index contributed by atoms with van der Waals surface area (Å²) in [5.41, 5.74) is 6.75. The summed E-state index contributed by atoms with van der Waals surface area (Å²) in [6.45, 7) is 4.29. The SMILES string of the molecule is [B][I-]C[I-]c1cccc(C(CC(C)C)C(=O)NCC#N)c1. The predicted octanol–water partition coefficient (Wildman–Crippen LogP) is -4.16. The second kappa shape index (κ2) is 10.4. The van der Waals surface area contributed by atoms with Crippen molar-refractivity contribution in [3.8, 4) is 6.07 Å². The third-order valence-electron chi connectivity index (χ3n) is 2.88. The van der Waals surface area contributed by atoms with Crippen molar-refractivity contribution in [3.05, 3.63) is 33.4 Å². The average molecular weight is 508 g/mol. The standard InChI is InChI=1S/C15H19BI2N2O/c1-11(2)8-14(15(21)20-7-6-19)12-4-3-5-13(9-12)17-10-18-16/h3-5,9,11,14H,7-8,10H2,1-2H3,(H,20,21)/q-2. The van der Waals surface area contributed by atoms with Crippen molar-refractivity contribution in [1.29, 1.82) is 5.26 Å². The molecule has 114 valence electrons. The summed E-state index contributed by atoms with van der Waals surface area (Å²) < 4.78 is 2.51. The Morgan fingerprint density at radius 3 is 2.86 bits per heavy atom. The molecule has 0 bridgehead atoms. The van der Waals surface area contributed by atoms with E-state index in [9.17, 15) is 4.79 Å². The molecule has 0 aliphatic rings. The maximum absolute atomic E-state index is 12.3. The summed E-state index contributed by atoms with van der Waals surface area (Å²) in [6, 6.07) is 10.3. The van der Waals surface area contributed by atoms with Gasteiger partial charge in [0.15, 0.2) is 0 Å². The second-order valence-corrected chi connectivity index (χ2v) is 12.3. The fraction of sp³-hybridized carbons (Fsp3) is 0.467. The number of benzene rings is 1. The summed E-state index contributed by atoms with van der Waals surface area (Å²) in [4.78, 5) is 12.3. The van der Waals surface area contributed by atoms with E-state index in [1.54, 1.807) is 0 Å². The third kappa shape index (κ3) is 7.00. The summed E-state index contributed by atoms with van der Waals surface area (Å²) in [6.07, 6.45) is 0.794. The Balaban J connectivity index is 2.91. The van der Waals surface area contributed by atoms with Gasteiger partial charge in [0.05, 0.1) is 0 Å². The van der Waals surface area contributed by atoms with Crippen LogP contribution in [-0.2, 0) is 4.79 Å². The summed E-state index contributed by atoms with van der Waals surface area (Å²) in [5, 5.41) is 11.3. The van der Waals surface area contributed by atoms with E-state index >= 15 is 0 Å². The molecule has 1 aromatic carbocycles. The molecule has 0 heterocycles. The first-order valence-corrected chi connectivity index (χ1v) is 12.1. The van der Waals surface area contributed by atoms with Crippen LogP contribution in [0.3, 0.4) is 0 Å². The van der Waals surface area contributed by atoms with Gasteiger partial charge in [0.2, 0.25) is 0 Å². The van der Waals surface area contributed by atoms with E-state index in [4.69, 9.17) is 11.0 Å². The van der Waals surface area contributed by atoms with Crippen LogP contribution in [0, 0.1) is 20.8 Å². The Morgan fingerprint density at radius 1 is 1.48 bits per heavy atom. The number of nitriles is 1. The number of hydrogen-bond donors (Lipinski definition) is 1. The molecule has 1 amide bonds. The van der Waals surface area contributed by atoms with Crippen molar-refractivity contribution < 1.29 is 47.0 Å². The van der Waals surface area contributed by atoms with Crippen LogP contribution < -0.4 is 47.5 Å². The van der Waals surface area contributed by atoms with E-state index in [0.29, 0.717) is 5.92 Å². The van der Waals surface area contributed by atoms with E-state index in [1.165, 1.54) is 3.57 Å². The molecule has 0 saturated carbocycles. The number of amides is 1. The minimum absolute atomic E-state index is 0.0282. The summed E-state index contributed by atoms with van der Waals surface area (Å²) in [5.74, 6) is 0.206. The number of rotatable bonds is 8. The monoisotopic (exact) mass is 508 g/mol. The maximum atomic E-state index is 12.3. The molecule has 1 atom stereocenters. The molecule has 0 saturated heterocycles. The molecule has 0 fully saturated rings. The van der Waals surface area contributed by atoms with Gasteiger partial charge in [-0.15, -0.1) is 0 Å². The van der Waals surface area contributed by atoms with E-state index < -0.39 is 0 Å². The number of alkyl halides is 2. The molecular formula is C15H19BI2N2O-2. The fourth-order valence-electron chi connectivity index (χ4n) is 2.01. The van der Waals surface area contributed by atoms with Crippen LogP contribution in [0.15, 0.2) is 24.3 Å². The molecule has 1 aromatic rings. The number of carbonyl (C=O) groups excluding carboxylic acids is 1. The first-order valence-electron chi connectivity index (χ1n) is 6.70. The molecule has 1 rings (SSSR count). The van der Waals surface area contributed by atoms with Gasteiger partial charge in [-0.2, -0.15) is 0 Å². The molecule has 3 nitrogen and oxygen atoms in total.